The van der Waals surface area contributed by atoms with Crippen LogP contribution in [0.25, 0.3) is 0 Å². The quantitative estimate of drug-likeness (QED) is 0.657. The van der Waals surface area contributed by atoms with Crippen LogP contribution >= 0.6 is 0 Å². The molecule has 0 aromatic heterocycles. The maximum absolute atomic E-state index is 11.8. The zero-order valence-corrected chi connectivity index (χ0v) is 11.6. The van der Waals surface area contributed by atoms with Crippen molar-refractivity contribution in [3.63, 3.8) is 0 Å². The van der Waals surface area contributed by atoms with Gasteiger partial charge in [0.25, 0.3) is 0 Å². The van der Waals surface area contributed by atoms with Crippen molar-refractivity contribution in [1.29, 1.82) is 0 Å². The van der Waals surface area contributed by atoms with Crippen molar-refractivity contribution in [2.75, 3.05) is 19.6 Å². The number of nitrogens with zero attached hydrogens (tertiary/aromatic N) is 1. The molecule has 0 radical (unpaired) electrons. The molecule has 2 rings (SSSR count). The van der Waals surface area contributed by atoms with Gasteiger partial charge in [0, 0.05) is 12.6 Å². The molecule has 4 nitrogen and oxygen atoms in total. The summed E-state index contributed by atoms with van der Waals surface area (Å²) in [6, 6.07) is 0.635. The van der Waals surface area contributed by atoms with Crippen LogP contribution in [0.15, 0.2) is 0 Å². The van der Waals surface area contributed by atoms with E-state index in [2.05, 4.69) is 24.1 Å². The summed E-state index contributed by atoms with van der Waals surface area (Å²) in [5.41, 5.74) is -0.700. The third kappa shape index (κ3) is 2.86. The van der Waals surface area contributed by atoms with Crippen molar-refractivity contribution in [2.45, 2.75) is 57.5 Å². The van der Waals surface area contributed by atoms with Gasteiger partial charge in [-0.2, -0.15) is 0 Å². The fraction of sp³-hybridized carbons (Fsp3) is 0.929. The molecule has 2 aliphatic carbocycles. The number of likely N-dealkylation sites (N-methyl/N-ethyl adjacent to an activating group) is 1. The van der Waals surface area contributed by atoms with Crippen LogP contribution in [0.5, 0.6) is 0 Å². The number of aliphatic carboxylic acids is 1. The minimum absolute atomic E-state index is 0.328. The fourth-order valence-electron chi connectivity index (χ4n) is 2.83. The maximum atomic E-state index is 11.8. The first-order valence-electron chi connectivity index (χ1n) is 7.36. The summed E-state index contributed by atoms with van der Waals surface area (Å²) in [5, 5.41) is 13.1. The molecule has 18 heavy (non-hydrogen) atoms. The summed E-state index contributed by atoms with van der Waals surface area (Å²) >= 11 is 0. The summed E-state index contributed by atoms with van der Waals surface area (Å²) in [6.07, 6.45) is 5.58. The van der Waals surface area contributed by atoms with Crippen molar-refractivity contribution in [3.8, 4) is 0 Å². The van der Waals surface area contributed by atoms with E-state index in [-0.39, 0.29) is 0 Å². The first kappa shape index (κ1) is 13.8. The molecule has 0 aliphatic heterocycles. The van der Waals surface area contributed by atoms with Gasteiger partial charge < -0.3 is 10.4 Å². The Morgan fingerprint density at radius 3 is 2.39 bits per heavy atom. The van der Waals surface area contributed by atoms with Crippen LogP contribution in [0.3, 0.4) is 0 Å². The molecular formula is C14H26N2O2. The zero-order chi connectivity index (χ0) is 13.2. The van der Waals surface area contributed by atoms with Crippen LogP contribution in [-0.4, -0.2) is 47.2 Å². The Kier molecular flexibility index (Phi) is 4.28. The molecule has 0 aromatic rings. The number of carboxylic acid groups (broad SMARTS) is 1. The molecule has 4 heteroatoms. The Balaban J connectivity index is 2.08. The standard InChI is InChI=1S/C14H26N2O2/c1-3-9-15-14(13(17)18,11-5-6-11)10-16(4-2)12-7-8-12/h11-12,15H,3-10H2,1-2H3,(H,17,18). The number of carbonyl (C=O) groups is 1. The van der Waals surface area contributed by atoms with Gasteiger partial charge in [-0.1, -0.05) is 13.8 Å². The Bertz CT molecular complexity index is 300. The second-order valence-electron chi connectivity index (χ2n) is 5.77. The Morgan fingerprint density at radius 2 is 2.00 bits per heavy atom. The number of hydrogen-bond acceptors (Lipinski definition) is 3. The first-order valence-corrected chi connectivity index (χ1v) is 7.36. The van der Waals surface area contributed by atoms with Gasteiger partial charge >= 0.3 is 5.97 Å². The monoisotopic (exact) mass is 254 g/mol. The number of carboxylic acids is 1. The average Bonchev–Trinajstić information content (AvgIpc) is 3.18. The number of hydrogen-bond donors (Lipinski definition) is 2. The van der Waals surface area contributed by atoms with Crippen LogP contribution in [0.4, 0.5) is 0 Å². The third-order valence-electron chi connectivity index (χ3n) is 4.27. The normalized spacial score (nSPS) is 23.1. The third-order valence-corrected chi connectivity index (χ3v) is 4.27. The lowest BCUT2D eigenvalue weighted by molar-refractivity contribution is -0.147. The highest BCUT2D eigenvalue weighted by Crippen LogP contribution is 2.41. The van der Waals surface area contributed by atoms with Crippen LogP contribution in [-0.2, 0) is 4.79 Å². The molecule has 1 unspecified atom stereocenters. The predicted molar refractivity (Wildman–Crippen MR) is 71.7 cm³/mol. The summed E-state index contributed by atoms with van der Waals surface area (Å²) < 4.78 is 0. The molecule has 104 valence electrons. The second kappa shape index (κ2) is 5.57. The van der Waals surface area contributed by atoms with Gasteiger partial charge in [0.05, 0.1) is 0 Å². The topological polar surface area (TPSA) is 52.6 Å². The Morgan fingerprint density at radius 1 is 1.33 bits per heavy atom. The van der Waals surface area contributed by atoms with Crippen molar-refractivity contribution in [2.24, 2.45) is 5.92 Å². The van der Waals surface area contributed by atoms with Gasteiger partial charge in [0.2, 0.25) is 0 Å². The molecule has 0 amide bonds. The summed E-state index contributed by atoms with van der Waals surface area (Å²) in [5.74, 6) is -0.327. The van der Waals surface area contributed by atoms with E-state index in [4.69, 9.17) is 0 Å². The van der Waals surface area contributed by atoms with Gasteiger partial charge in [-0.25, -0.2) is 0 Å². The smallest absolute Gasteiger partial charge is 0.325 e. The summed E-state index contributed by atoms with van der Waals surface area (Å²) in [6.45, 7) is 6.65. The number of rotatable bonds is 9. The zero-order valence-electron chi connectivity index (χ0n) is 11.6. The maximum Gasteiger partial charge on any atom is 0.325 e. The molecular weight excluding hydrogens is 228 g/mol. The van der Waals surface area contributed by atoms with Crippen molar-refractivity contribution in [3.05, 3.63) is 0 Å². The van der Waals surface area contributed by atoms with Crippen LogP contribution in [0.1, 0.15) is 46.0 Å². The lowest BCUT2D eigenvalue weighted by atomic mass is 9.92. The molecule has 0 spiro atoms. The van der Waals surface area contributed by atoms with E-state index in [9.17, 15) is 9.90 Å². The number of nitrogens with one attached hydrogen (secondary N) is 1. The molecule has 2 saturated carbocycles. The second-order valence-corrected chi connectivity index (χ2v) is 5.77. The fourth-order valence-corrected chi connectivity index (χ4v) is 2.83. The van der Waals surface area contributed by atoms with E-state index in [1.807, 2.05) is 0 Å². The van der Waals surface area contributed by atoms with E-state index in [1.165, 1.54) is 12.8 Å². The molecule has 0 bridgehead atoms. The van der Waals surface area contributed by atoms with E-state index >= 15 is 0 Å². The van der Waals surface area contributed by atoms with Crippen LogP contribution in [0, 0.1) is 5.92 Å². The van der Waals surface area contributed by atoms with E-state index in [0.717, 1.165) is 32.4 Å². The first-order chi connectivity index (χ1) is 8.64. The van der Waals surface area contributed by atoms with Gasteiger partial charge in [-0.05, 0) is 51.1 Å². The minimum atomic E-state index is -0.700. The molecule has 1 atom stereocenters. The predicted octanol–water partition coefficient (Wildman–Crippen LogP) is 1.70. The van der Waals surface area contributed by atoms with E-state index in [1.54, 1.807) is 0 Å². The lowest BCUT2D eigenvalue weighted by Gasteiger charge is -2.36. The highest BCUT2D eigenvalue weighted by atomic mass is 16.4. The van der Waals surface area contributed by atoms with Crippen LogP contribution < -0.4 is 5.32 Å². The Labute approximate surface area is 110 Å². The van der Waals surface area contributed by atoms with Gasteiger partial charge in [0.1, 0.15) is 5.54 Å². The highest BCUT2D eigenvalue weighted by molar-refractivity contribution is 5.80. The summed E-state index contributed by atoms with van der Waals surface area (Å²) in [7, 11) is 0. The van der Waals surface area contributed by atoms with Gasteiger partial charge in [-0.3, -0.25) is 9.69 Å². The molecule has 2 fully saturated rings. The van der Waals surface area contributed by atoms with Crippen LogP contribution in [0.2, 0.25) is 0 Å². The average molecular weight is 254 g/mol. The van der Waals surface area contributed by atoms with Crippen molar-refractivity contribution >= 4 is 5.97 Å². The minimum Gasteiger partial charge on any atom is -0.480 e. The molecule has 2 N–H and O–H groups in total. The van der Waals surface area contributed by atoms with Gasteiger partial charge in [0.15, 0.2) is 0 Å². The largest absolute Gasteiger partial charge is 0.480 e. The van der Waals surface area contributed by atoms with Crippen molar-refractivity contribution < 1.29 is 9.90 Å². The lowest BCUT2D eigenvalue weighted by Crippen LogP contribution is -2.61. The SMILES string of the molecule is CCCNC(CN(CC)C1CC1)(C(=O)O)C1CC1. The van der Waals surface area contributed by atoms with E-state index < -0.39 is 11.5 Å². The van der Waals surface area contributed by atoms with Crippen molar-refractivity contribution in [1.82, 2.24) is 10.2 Å². The van der Waals surface area contributed by atoms with E-state index in [0.29, 0.717) is 18.5 Å². The molecule has 2 aliphatic rings. The molecule has 0 saturated heterocycles. The molecule has 0 aromatic carbocycles. The highest BCUT2D eigenvalue weighted by Gasteiger charge is 2.52. The Hall–Kier alpha value is -0.610. The molecule has 0 heterocycles. The summed E-state index contributed by atoms with van der Waals surface area (Å²) in [4.78, 5) is 14.2. The van der Waals surface area contributed by atoms with Gasteiger partial charge in [-0.15, -0.1) is 0 Å².